The van der Waals surface area contributed by atoms with Gasteiger partial charge in [-0.1, -0.05) is 23.3 Å². The van der Waals surface area contributed by atoms with Crippen molar-refractivity contribution in [3.8, 4) is 0 Å². The van der Waals surface area contributed by atoms with Crippen LogP contribution in [0.5, 0.6) is 0 Å². The van der Waals surface area contributed by atoms with Crippen LogP contribution in [0.15, 0.2) is 40.3 Å². The van der Waals surface area contributed by atoms with Gasteiger partial charge in [-0.2, -0.15) is 0 Å². The smallest absolute Gasteiger partial charge is 0.368 e. The molecule has 274 valence electrons. The highest BCUT2D eigenvalue weighted by atomic mass is 32.2. The average Bonchev–Trinajstić information content (AvgIpc) is 3.02. The first-order valence-corrected chi connectivity index (χ1v) is 15.7. The summed E-state index contributed by atoms with van der Waals surface area (Å²) in [5.41, 5.74) is 9.08. The molecule has 0 spiro atoms. The van der Waals surface area contributed by atoms with E-state index in [1.807, 2.05) is 0 Å². The summed E-state index contributed by atoms with van der Waals surface area (Å²) in [5.74, 6) is -10.3. The Morgan fingerprint density at radius 3 is 2.10 bits per heavy atom. The molecular weight excluding hydrogens is 688 g/mol. The van der Waals surface area contributed by atoms with Crippen molar-refractivity contribution >= 4 is 53.5 Å². The number of carbonyl (C=O) groups is 7. The number of carbonyl (C=O) groups excluding carboxylic acids is 6. The van der Waals surface area contributed by atoms with Crippen molar-refractivity contribution in [3.05, 3.63) is 40.8 Å². The molecule has 0 bridgehead atoms. The maximum Gasteiger partial charge on any atom is 0.368 e. The van der Waals surface area contributed by atoms with Crippen LogP contribution in [-0.2, 0) is 66.7 Å². The summed E-state index contributed by atoms with van der Waals surface area (Å²) in [6.45, 7) is 5.55. The van der Waals surface area contributed by atoms with Crippen molar-refractivity contribution in [2.24, 2.45) is 5.11 Å². The maximum absolute atomic E-state index is 14.1. The minimum atomic E-state index is -2.84. The molecule has 0 aliphatic carbocycles. The summed E-state index contributed by atoms with van der Waals surface area (Å²) in [7, 11) is 0.940. The molecule has 1 fully saturated rings. The fourth-order valence-corrected chi connectivity index (χ4v) is 6.39. The molecule has 1 aliphatic heterocycles. The van der Waals surface area contributed by atoms with Gasteiger partial charge in [0.15, 0.2) is 18.2 Å². The van der Waals surface area contributed by atoms with E-state index < -0.39 is 102 Å². The number of benzene rings is 1. The third kappa shape index (κ3) is 11.1. The minimum Gasteiger partial charge on any atom is -0.481 e. The van der Waals surface area contributed by atoms with Gasteiger partial charge in [0.05, 0.1) is 19.3 Å². The molecular formula is C30H38N4O15S. The van der Waals surface area contributed by atoms with Crippen LogP contribution >= 0.6 is 11.8 Å². The third-order valence-electron chi connectivity index (χ3n) is 6.84. The number of hydrogen-bond donors (Lipinski definition) is 2. The molecule has 2 rings (SSSR count). The van der Waals surface area contributed by atoms with Crippen LogP contribution in [0.4, 0.5) is 0 Å². The van der Waals surface area contributed by atoms with E-state index in [-0.39, 0.29) is 0 Å². The van der Waals surface area contributed by atoms with Crippen LogP contribution < -0.4 is 5.32 Å². The normalized spacial score (nSPS) is 23.7. The number of ether oxygens (including phenoxy) is 7. The SMILES string of the molecule is COC(=O)[C@]1(O[C@H](C)[C@H](N=[N+]=[N-])C(=O)O)O[C@@H]([C@H](OC(C)=O)[C@H](COC(C)=O)OC(C)=O)[C@H](NC(C)=O)[C@@H](OC(C)=O)[C@@H]1Sc1ccccc1. The number of hydrogen-bond acceptors (Lipinski definition) is 16. The molecule has 19 nitrogen and oxygen atoms in total. The first-order chi connectivity index (χ1) is 23.5. The van der Waals surface area contributed by atoms with Gasteiger partial charge in [-0.05, 0) is 24.6 Å². The summed E-state index contributed by atoms with van der Waals surface area (Å²) in [5, 5.41) is 14.1. The van der Waals surface area contributed by atoms with Crippen molar-refractivity contribution < 1.29 is 71.8 Å². The van der Waals surface area contributed by atoms with Crippen LogP contribution in [0.1, 0.15) is 41.5 Å². The maximum atomic E-state index is 14.1. The highest BCUT2D eigenvalue weighted by Crippen LogP contribution is 2.46. The first-order valence-electron chi connectivity index (χ1n) is 14.8. The van der Waals surface area contributed by atoms with Gasteiger partial charge < -0.3 is 43.6 Å². The van der Waals surface area contributed by atoms with Crippen molar-refractivity contribution in [1.29, 1.82) is 0 Å². The number of carboxylic acid groups (broad SMARTS) is 1. The van der Waals surface area contributed by atoms with Gasteiger partial charge in [0.2, 0.25) is 5.91 Å². The van der Waals surface area contributed by atoms with Crippen molar-refractivity contribution in [1.82, 2.24) is 5.32 Å². The second-order valence-corrected chi connectivity index (χ2v) is 11.9. The summed E-state index contributed by atoms with van der Waals surface area (Å²) in [4.78, 5) is 91.2. The Bertz CT molecular complexity index is 1470. The summed E-state index contributed by atoms with van der Waals surface area (Å²) < 4.78 is 39.3. The molecule has 1 aromatic carbocycles. The van der Waals surface area contributed by atoms with E-state index in [1.165, 1.54) is 0 Å². The molecule has 0 saturated carbocycles. The Morgan fingerprint density at radius 2 is 1.62 bits per heavy atom. The summed E-state index contributed by atoms with van der Waals surface area (Å²) >= 11 is 0.840. The molecule has 1 aromatic rings. The number of nitrogens with one attached hydrogen (secondary N) is 1. The number of rotatable bonds is 16. The molecule has 9 atom stereocenters. The predicted octanol–water partition coefficient (Wildman–Crippen LogP) is 1.45. The topological polar surface area (TPSA) is 265 Å². The number of azide groups is 1. The van der Waals surface area contributed by atoms with E-state index in [0.717, 1.165) is 60.4 Å². The zero-order valence-electron chi connectivity index (χ0n) is 28.1. The number of methoxy groups -OCH3 is 1. The van der Waals surface area contributed by atoms with Crippen molar-refractivity contribution in [2.45, 2.75) is 100 Å². The van der Waals surface area contributed by atoms with Crippen molar-refractivity contribution in [3.63, 3.8) is 0 Å². The largest absolute Gasteiger partial charge is 0.481 e. The number of carboxylic acids is 1. The Kier molecular flexibility index (Phi) is 15.5. The molecule has 1 aliphatic rings. The molecule has 20 heteroatoms. The van der Waals surface area contributed by atoms with Gasteiger partial charge in [-0.25, -0.2) is 4.79 Å². The van der Waals surface area contributed by atoms with Crippen LogP contribution in [0.2, 0.25) is 0 Å². The van der Waals surface area contributed by atoms with Gasteiger partial charge in [-0.3, -0.25) is 28.8 Å². The Morgan fingerprint density at radius 1 is 1.00 bits per heavy atom. The second-order valence-electron chi connectivity index (χ2n) is 10.7. The highest BCUT2D eigenvalue weighted by Gasteiger charge is 2.66. The number of thioether (sulfide) groups is 1. The van der Waals surface area contributed by atoms with Gasteiger partial charge >= 0.3 is 35.8 Å². The monoisotopic (exact) mass is 726 g/mol. The number of nitrogens with zero attached hydrogens (tertiary/aromatic N) is 3. The lowest BCUT2D eigenvalue weighted by molar-refractivity contribution is -0.321. The molecule has 2 N–H and O–H groups in total. The molecule has 1 amide bonds. The first kappa shape index (κ1) is 41.3. The van der Waals surface area contributed by atoms with Crippen LogP contribution in [-0.4, -0.2) is 114 Å². The van der Waals surface area contributed by atoms with Gasteiger partial charge in [0.1, 0.15) is 24.1 Å². The van der Waals surface area contributed by atoms with Gasteiger partial charge in [0.25, 0.3) is 5.79 Å². The van der Waals surface area contributed by atoms with E-state index in [4.69, 9.17) is 38.7 Å². The number of aliphatic carboxylic acids is 1. The summed E-state index contributed by atoms with van der Waals surface area (Å²) in [6.07, 6.45) is -8.77. The van der Waals surface area contributed by atoms with E-state index in [2.05, 4.69) is 15.3 Å². The molecule has 0 aromatic heterocycles. The highest BCUT2D eigenvalue weighted by molar-refractivity contribution is 8.00. The third-order valence-corrected chi connectivity index (χ3v) is 8.21. The Labute approximate surface area is 290 Å². The summed E-state index contributed by atoms with van der Waals surface area (Å²) in [6, 6.07) is 4.67. The van der Waals surface area contributed by atoms with Gasteiger partial charge in [0, 0.05) is 44.4 Å². The zero-order chi connectivity index (χ0) is 37.8. The average molecular weight is 727 g/mol. The lowest BCUT2D eigenvalue weighted by Crippen LogP contribution is -2.75. The fraction of sp³-hybridized carbons (Fsp3) is 0.567. The predicted molar refractivity (Wildman–Crippen MR) is 168 cm³/mol. The number of amides is 1. The standard InChI is InChI=1S/C30H38N4O15S/c1-14(22(28(40)41)33-34-31)48-30(29(42)43-7)27(50-20-11-9-8-10-12-20)26(47-19(6)39)23(32-15(2)35)25(49-30)24(46-18(5)38)21(45-17(4)37)13-44-16(3)36/h8-12,14,21-27H,13H2,1-7H3,(H,32,35)(H,40,41)/t14-,21+,22+,23+,24-,25-,26-,27+,30-/m1/s1. The van der Waals surface area contributed by atoms with Gasteiger partial charge in [-0.15, -0.1) is 11.8 Å². The van der Waals surface area contributed by atoms with E-state index in [9.17, 15) is 38.7 Å². The molecule has 50 heavy (non-hydrogen) atoms. The second kappa shape index (κ2) is 18.7. The lowest BCUT2D eigenvalue weighted by Gasteiger charge is -2.52. The van der Waals surface area contributed by atoms with E-state index in [0.29, 0.717) is 4.90 Å². The molecule has 1 saturated heterocycles. The molecule has 1 heterocycles. The van der Waals surface area contributed by atoms with E-state index in [1.54, 1.807) is 30.3 Å². The van der Waals surface area contributed by atoms with Crippen LogP contribution in [0.3, 0.4) is 0 Å². The molecule has 0 radical (unpaired) electrons. The number of esters is 5. The lowest BCUT2D eigenvalue weighted by atomic mass is 9.87. The fourth-order valence-electron chi connectivity index (χ4n) is 5.07. The van der Waals surface area contributed by atoms with E-state index >= 15 is 0 Å². The van der Waals surface area contributed by atoms with Crippen LogP contribution in [0, 0.1) is 0 Å². The zero-order valence-corrected chi connectivity index (χ0v) is 28.9. The Balaban J connectivity index is 3.07. The molecule has 0 unspecified atom stereocenters. The quantitative estimate of drug-likeness (QED) is 0.0802. The van der Waals surface area contributed by atoms with Crippen LogP contribution in [0.25, 0.3) is 10.4 Å². The minimum absolute atomic E-state index is 0.428. The van der Waals surface area contributed by atoms with Crippen molar-refractivity contribution in [2.75, 3.05) is 13.7 Å². The Hall–Kier alpha value is -4.91.